The number of fused-ring (bicyclic) bond motifs is 2. The molecule has 0 aromatic heterocycles. The second kappa shape index (κ2) is 11.5. The van der Waals surface area contributed by atoms with Gasteiger partial charge in [-0.2, -0.15) is 0 Å². The van der Waals surface area contributed by atoms with E-state index in [2.05, 4.69) is 10.6 Å². The topological polar surface area (TPSA) is 122 Å². The van der Waals surface area contributed by atoms with Gasteiger partial charge in [0.1, 0.15) is 6.10 Å². The number of benzene rings is 2. The zero-order valence-electron chi connectivity index (χ0n) is 22.0. The van der Waals surface area contributed by atoms with E-state index >= 15 is 0 Å². The van der Waals surface area contributed by atoms with E-state index in [1.165, 1.54) is 12.1 Å². The SMILES string of the molecule is O=C(Nc1cc(F)c(F)c(F)c1)c1ccc(Cl)c(S(=O)(=O)C2CC3CCC(C2)C3(O)CNC(=O)C2CCCCO2)c1. The van der Waals surface area contributed by atoms with E-state index in [9.17, 15) is 36.3 Å². The fourth-order valence-electron chi connectivity index (χ4n) is 6.32. The van der Waals surface area contributed by atoms with Crippen molar-refractivity contribution in [3.05, 3.63) is 58.4 Å². The molecule has 8 nitrogen and oxygen atoms in total. The molecule has 2 saturated carbocycles. The maximum Gasteiger partial charge on any atom is 0.255 e. The van der Waals surface area contributed by atoms with Crippen LogP contribution in [0.2, 0.25) is 5.02 Å². The number of amides is 2. The monoisotopic (exact) mass is 614 g/mol. The molecule has 3 N–H and O–H groups in total. The molecule has 2 amide bonds. The average Bonchev–Trinajstić information content (AvgIpc) is 3.10. The van der Waals surface area contributed by atoms with Crippen LogP contribution in [0.15, 0.2) is 35.2 Å². The number of hydrogen-bond acceptors (Lipinski definition) is 6. The number of carbonyl (C=O) groups is 2. The summed E-state index contributed by atoms with van der Waals surface area (Å²) in [5, 5.41) is 15.6. The Labute approximate surface area is 240 Å². The van der Waals surface area contributed by atoms with Gasteiger partial charge in [0.15, 0.2) is 27.3 Å². The number of hydrogen-bond donors (Lipinski definition) is 3. The summed E-state index contributed by atoms with van der Waals surface area (Å²) in [4.78, 5) is 25.1. The lowest BCUT2D eigenvalue weighted by molar-refractivity contribution is -0.138. The van der Waals surface area contributed by atoms with Crippen molar-refractivity contribution in [1.29, 1.82) is 0 Å². The highest BCUT2D eigenvalue weighted by Gasteiger charge is 2.55. The Bertz CT molecular complexity index is 1430. The van der Waals surface area contributed by atoms with Crippen LogP contribution >= 0.6 is 11.6 Å². The largest absolute Gasteiger partial charge is 0.387 e. The number of halogens is 4. The molecule has 3 aliphatic rings. The van der Waals surface area contributed by atoms with Crippen LogP contribution in [-0.4, -0.2) is 55.4 Å². The van der Waals surface area contributed by atoms with Crippen LogP contribution in [-0.2, 0) is 19.4 Å². The van der Waals surface area contributed by atoms with Gasteiger partial charge in [0, 0.05) is 36.5 Å². The van der Waals surface area contributed by atoms with Crippen LogP contribution in [0.4, 0.5) is 18.9 Å². The van der Waals surface area contributed by atoms with Crippen LogP contribution in [0.1, 0.15) is 55.3 Å². The number of aliphatic hydroxyl groups is 1. The minimum absolute atomic E-state index is 0.00871. The molecule has 0 radical (unpaired) electrons. The molecule has 1 saturated heterocycles. The standard InChI is InChI=1S/C28H30ClF3N2O6S/c29-20-7-4-15(26(35)34-18-12-21(30)25(32)22(31)13-18)9-24(20)41(38,39)19-10-16-5-6-17(11-19)28(16,37)14-33-27(36)23-3-1-2-8-40-23/h4,7,9,12-13,16-17,19,23,37H,1-3,5-6,8,10-11,14H2,(H,33,36)(H,34,35). The van der Waals surface area contributed by atoms with E-state index in [-0.39, 0.29) is 58.3 Å². The summed E-state index contributed by atoms with van der Waals surface area (Å²) in [5.41, 5.74) is -1.74. The minimum Gasteiger partial charge on any atom is -0.387 e. The molecule has 41 heavy (non-hydrogen) atoms. The van der Waals surface area contributed by atoms with Crippen LogP contribution in [0.3, 0.4) is 0 Å². The third kappa shape index (κ3) is 5.84. The predicted molar refractivity (Wildman–Crippen MR) is 144 cm³/mol. The molecule has 2 bridgehead atoms. The summed E-state index contributed by atoms with van der Waals surface area (Å²) in [7, 11) is -4.07. The molecule has 1 heterocycles. The molecule has 222 valence electrons. The van der Waals surface area contributed by atoms with E-state index in [1.807, 2.05) is 0 Å². The molecule has 1 aliphatic heterocycles. The lowest BCUT2D eigenvalue weighted by Gasteiger charge is -2.42. The molecule has 5 rings (SSSR count). The van der Waals surface area contributed by atoms with E-state index < -0.39 is 50.2 Å². The van der Waals surface area contributed by atoms with E-state index in [4.69, 9.17) is 16.3 Å². The van der Waals surface area contributed by atoms with Gasteiger partial charge in [0.05, 0.1) is 20.8 Å². The Kier molecular flexibility index (Phi) is 8.39. The Morgan fingerprint density at radius 3 is 2.29 bits per heavy atom. The summed E-state index contributed by atoms with van der Waals surface area (Å²) < 4.78 is 73.4. The molecule has 3 atom stereocenters. The Balaban J connectivity index is 1.30. The van der Waals surface area contributed by atoms with Gasteiger partial charge in [0.2, 0.25) is 5.91 Å². The third-order valence-corrected chi connectivity index (χ3v) is 11.2. The van der Waals surface area contributed by atoms with Gasteiger partial charge in [-0.3, -0.25) is 9.59 Å². The fraction of sp³-hybridized carbons (Fsp3) is 0.500. The fourth-order valence-corrected chi connectivity index (χ4v) is 8.72. The molecule has 2 aromatic rings. The number of carbonyl (C=O) groups excluding carboxylic acids is 2. The van der Waals surface area contributed by atoms with Gasteiger partial charge >= 0.3 is 0 Å². The minimum atomic E-state index is -4.07. The van der Waals surface area contributed by atoms with Crippen molar-refractivity contribution in [3.63, 3.8) is 0 Å². The van der Waals surface area contributed by atoms with Gasteiger partial charge in [-0.1, -0.05) is 11.6 Å². The molecule has 3 fully saturated rings. The van der Waals surface area contributed by atoms with Crippen molar-refractivity contribution >= 4 is 38.9 Å². The predicted octanol–water partition coefficient (Wildman–Crippen LogP) is 4.39. The van der Waals surface area contributed by atoms with Gasteiger partial charge in [0.25, 0.3) is 5.91 Å². The highest BCUT2D eigenvalue weighted by atomic mass is 35.5. The van der Waals surface area contributed by atoms with E-state index in [0.717, 1.165) is 18.9 Å². The zero-order chi connectivity index (χ0) is 29.5. The molecule has 13 heteroatoms. The van der Waals surface area contributed by atoms with Gasteiger partial charge in [-0.25, -0.2) is 21.6 Å². The van der Waals surface area contributed by atoms with Crippen LogP contribution < -0.4 is 10.6 Å². The second-order valence-electron chi connectivity index (χ2n) is 11.0. The lowest BCUT2D eigenvalue weighted by atomic mass is 9.74. The van der Waals surface area contributed by atoms with Gasteiger partial charge in [-0.05, 0) is 75.0 Å². The Morgan fingerprint density at radius 1 is 1.02 bits per heavy atom. The number of nitrogens with one attached hydrogen (secondary N) is 2. The molecular formula is C28H30ClF3N2O6S. The number of anilines is 1. The number of rotatable bonds is 7. The molecule has 0 spiro atoms. The van der Waals surface area contributed by atoms with Gasteiger partial charge < -0.3 is 20.5 Å². The number of ether oxygens (including phenoxy) is 1. The number of sulfone groups is 1. The first kappa shape index (κ1) is 29.8. The van der Waals surface area contributed by atoms with Crippen molar-refractivity contribution < 1.29 is 41.0 Å². The summed E-state index contributed by atoms with van der Waals surface area (Å²) >= 11 is 6.27. The molecule has 2 aliphatic carbocycles. The van der Waals surface area contributed by atoms with E-state index in [0.29, 0.717) is 38.0 Å². The molecule has 3 unspecified atom stereocenters. The molecular weight excluding hydrogens is 585 g/mol. The zero-order valence-corrected chi connectivity index (χ0v) is 23.5. The van der Waals surface area contributed by atoms with Crippen molar-refractivity contribution in [2.24, 2.45) is 11.8 Å². The summed E-state index contributed by atoms with van der Waals surface area (Å²) in [6.45, 7) is 0.524. The maximum atomic E-state index is 13.7. The highest BCUT2D eigenvalue weighted by Crippen LogP contribution is 2.52. The third-order valence-electron chi connectivity index (χ3n) is 8.57. The Morgan fingerprint density at radius 2 is 1.68 bits per heavy atom. The quantitative estimate of drug-likeness (QED) is 0.398. The maximum absolute atomic E-state index is 13.7. The van der Waals surface area contributed by atoms with Crippen molar-refractivity contribution in [2.75, 3.05) is 18.5 Å². The first-order valence-electron chi connectivity index (χ1n) is 13.5. The Hall–Kier alpha value is -2.67. The first-order chi connectivity index (χ1) is 19.4. The van der Waals surface area contributed by atoms with Crippen LogP contribution in [0, 0.1) is 29.3 Å². The first-order valence-corrected chi connectivity index (χ1v) is 15.4. The normalized spacial score (nSPS) is 27.8. The van der Waals surface area contributed by atoms with Crippen molar-refractivity contribution in [1.82, 2.24) is 5.32 Å². The highest BCUT2D eigenvalue weighted by molar-refractivity contribution is 7.92. The van der Waals surface area contributed by atoms with Crippen LogP contribution in [0.25, 0.3) is 0 Å². The average molecular weight is 615 g/mol. The smallest absolute Gasteiger partial charge is 0.255 e. The summed E-state index contributed by atoms with van der Waals surface area (Å²) in [6, 6.07) is 4.80. The van der Waals surface area contributed by atoms with Crippen molar-refractivity contribution in [3.8, 4) is 0 Å². The van der Waals surface area contributed by atoms with Crippen LogP contribution in [0.5, 0.6) is 0 Å². The molecule has 2 aromatic carbocycles. The van der Waals surface area contributed by atoms with Crippen molar-refractivity contribution in [2.45, 2.75) is 66.8 Å². The van der Waals surface area contributed by atoms with Gasteiger partial charge in [-0.15, -0.1) is 0 Å². The summed E-state index contributed by atoms with van der Waals surface area (Å²) in [5.74, 6) is -6.57. The summed E-state index contributed by atoms with van der Waals surface area (Å²) in [6.07, 6.45) is 3.36. The van der Waals surface area contributed by atoms with E-state index in [1.54, 1.807) is 0 Å². The second-order valence-corrected chi connectivity index (χ2v) is 13.6. The lowest BCUT2D eigenvalue weighted by Crippen LogP contribution is -2.56.